The van der Waals surface area contributed by atoms with Crippen LogP contribution in [0.25, 0.3) is 0 Å². The van der Waals surface area contributed by atoms with Gasteiger partial charge in [0.1, 0.15) is 0 Å². The third-order valence-corrected chi connectivity index (χ3v) is 4.75. The Morgan fingerprint density at radius 3 is 2.24 bits per heavy atom. The summed E-state index contributed by atoms with van der Waals surface area (Å²) in [5.41, 5.74) is 12.4. The van der Waals surface area contributed by atoms with Gasteiger partial charge in [-0.2, -0.15) is 0 Å². The molecule has 0 bridgehead atoms. The van der Waals surface area contributed by atoms with Crippen LogP contribution in [0.1, 0.15) is 79.1 Å². The van der Waals surface area contributed by atoms with E-state index in [1.807, 2.05) is 0 Å². The average molecular weight is 299 g/mol. The number of nitrogens with two attached hydrogens (primary N) is 2. The van der Waals surface area contributed by atoms with Crippen molar-refractivity contribution in [2.45, 2.75) is 91.2 Å². The van der Waals surface area contributed by atoms with Gasteiger partial charge in [-0.15, -0.1) is 0 Å². The van der Waals surface area contributed by atoms with Crippen molar-refractivity contribution in [2.75, 3.05) is 13.2 Å². The smallest absolute Gasteiger partial charge is 0.0810 e. The molecule has 3 unspecified atom stereocenters. The van der Waals surface area contributed by atoms with Gasteiger partial charge in [-0.25, -0.2) is 0 Å². The summed E-state index contributed by atoms with van der Waals surface area (Å²) in [4.78, 5) is 0. The zero-order chi connectivity index (χ0) is 15.9. The highest BCUT2D eigenvalue weighted by molar-refractivity contribution is 4.93. The summed E-state index contributed by atoms with van der Waals surface area (Å²) in [7, 11) is 0. The fourth-order valence-electron chi connectivity index (χ4n) is 3.90. The van der Waals surface area contributed by atoms with Crippen LogP contribution < -0.4 is 11.5 Å². The van der Waals surface area contributed by atoms with E-state index in [0.717, 1.165) is 26.0 Å². The summed E-state index contributed by atoms with van der Waals surface area (Å²) >= 11 is 0. The van der Waals surface area contributed by atoms with E-state index in [0.29, 0.717) is 17.6 Å². The molecule has 126 valence electrons. The lowest BCUT2D eigenvalue weighted by Crippen LogP contribution is -2.45. The maximum atomic E-state index is 6.01. The van der Waals surface area contributed by atoms with Crippen LogP contribution in [0.5, 0.6) is 0 Å². The number of epoxide rings is 1. The predicted octanol–water partition coefficient (Wildman–Crippen LogP) is 3.84. The molecule has 3 nitrogen and oxygen atoms in total. The van der Waals surface area contributed by atoms with Crippen molar-refractivity contribution in [1.29, 1.82) is 0 Å². The van der Waals surface area contributed by atoms with Crippen LogP contribution in [-0.2, 0) is 4.74 Å². The number of rotatable bonds is 6. The fourth-order valence-corrected chi connectivity index (χ4v) is 3.90. The molecule has 0 spiro atoms. The molecule has 2 fully saturated rings. The van der Waals surface area contributed by atoms with Gasteiger partial charge < -0.3 is 16.2 Å². The number of ether oxygens (including phenoxy) is 1. The summed E-state index contributed by atoms with van der Waals surface area (Å²) in [6.07, 6.45) is 10.9. The van der Waals surface area contributed by atoms with Crippen LogP contribution in [0.15, 0.2) is 0 Å². The monoisotopic (exact) mass is 298 g/mol. The van der Waals surface area contributed by atoms with Crippen LogP contribution >= 0.6 is 0 Å². The lowest BCUT2D eigenvalue weighted by molar-refractivity contribution is 0.0904. The van der Waals surface area contributed by atoms with Crippen LogP contribution in [0.3, 0.4) is 0 Å². The predicted molar refractivity (Wildman–Crippen MR) is 91.3 cm³/mol. The molecule has 1 saturated carbocycles. The van der Waals surface area contributed by atoms with Gasteiger partial charge in [0.2, 0.25) is 0 Å². The topological polar surface area (TPSA) is 64.6 Å². The highest BCUT2D eigenvalue weighted by Gasteiger charge is 2.38. The number of hydrogen-bond donors (Lipinski definition) is 2. The molecule has 2 rings (SSSR count). The van der Waals surface area contributed by atoms with Gasteiger partial charge >= 0.3 is 0 Å². The summed E-state index contributed by atoms with van der Waals surface area (Å²) in [6.45, 7) is 10.9. The van der Waals surface area contributed by atoms with E-state index < -0.39 is 0 Å². The van der Waals surface area contributed by atoms with E-state index in [9.17, 15) is 0 Å². The Morgan fingerprint density at radius 2 is 1.76 bits per heavy atom. The van der Waals surface area contributed by atoms with Crippen LogP contribution in [0.2, 0.25) is 0 Å². The molecular weight excluding hydrogens is 260 g/mol. The molecule has 4 N–H and O–H groups in total. The van der Waals surface area contributed by atoms with Crippen LogP contribution in [0.4, 0.5) is 0 Å². The Hall–Kier alpha value is -0.120. The fraction of sp³-hybridized carbons (Fsp3) is 1.00. The second-order valence-corrected chi connectivity index (χ2v) is 8.33. The quantitative estimate of drug-likeness (QED) is 0.578. The molecule has 1 aliphatic carbocycles. The number of unbranched alkanes of at least 4 members (excludes halogenated alkanes) is 3. The second kappa shape index (κ2) is 8.50. The summed E-state index contributed by atoms with van der Waals surface area (Å²) < 4.78 is 5.09. The van der Waals surface area contributed by atoms with Gasteiger partial charge in [-0.05, 0) is 43.1 Å². The lowest BCUT2D eigenvalue weighted by atomic mass is 9.63. The first-order chi connectivity index (χ1) is 9.80. The van der Waals surface area contributed by atoms with Crippen molar-refractivity contribution >= 4 is 0 Å². The maximum absolute atomic E-state index is 6.01. The van der Waals surface area contributed by atoms with Gasteiger partial charge in [0.05, 0.1) is 12.7 Å². The molecule has 1 saturated heterocycles. The van der Waals surface area contributed by atoms with E-state index in [-0.39, 0.29) is 5.41 Å². The summed E-state index contributed by atoms with van der Waals surface area (Å²) in [5.74, 6) is 0. The molecule has 0 aromatic rings. The van der Waals surface area contributed by atoms with Crippen molar-refractivity contribution in [3.63, 3.8) is 0 Å². The molecule has 1 aliphatic heterocycles. The van der Waals surface area contributed by atoms with Gasteiger partial charge in [-0.1, -0.05) is 53.4 Å². The minimum atomic E-state index is 0.279. The summed E-state index contributed by atoms with van der Waals surface area (Å²) in [5, 5.41) is 0. The Labute approximate surface area is 132 Å². The zero-order valence-electron chi connectivity index (χ0n) is 14.8. The van der Waals surface area contributed by atoms with E-state index in [1.54, 1.807) is 0 Å². The normalized spacial score (nSPS) is 34.0. The van der Waals surface area contributed by atoms with Crippen molar-refractivity contribution in [3.05, 3.63) is 0 Å². The molecule has 2 aliphatic rings. The molecule has 0 aromatic carbocycles. The minimum Gasteiger partial charge on any atom is -0.373 e. The van der Waals surface area contributed by atoms with Gasteiger partial charge in [0.15, 0.2) is 0 Å². The van der Waals surface area contributed by atoms with E-state index in [1.165, 1.54) is 38.5 Å². The first-order valence-electron chi connectivity index (χ1n) is 8.87. The molecule has 0 radical (unpaired) electrons. The van der Waals surface area contributed by atoms with E-state index in [4.69, 9.17) is 16.2 Å². The largest absolute Gasteiger partial charge is 0.373 e. The molecule has 3 atom stereocenters. The van der Waals surface area contributed by atoms with Crippen molar-refractivity contribution < 1.29 is 4.74 Å². The van der Waals surface area contributed by atoms with Crippen LogP contribution in [-0.4, -0.2) is 25.3 Å². The summed E-state index contributed by atoms with van der Waals surface area (Å²) in [6, 6.07) is 0.349. The maximum Gasteiger partial charge on any atom is 0.0810 e. The Morgan fingerprint density at radius 1 is 1.10 bits per heavy atom. The zero-order valence-corrected chi connectivity index (χ0v) is 14.8. The first-order valence-corrected chi connectivity index (χ1v) is 8.87. The highest BCUT2D eigenvalue weighted by atomic mass is 16.6. The molecule has 1 heterocycles. The van der Waals surface area contributed by atoms with Crippen molar-refractivity contribution in [3.8, 4) is 0 Å². The molecular formula is C18H38N2O. The molecule has 0 amide bonds. The first kappa shape index (κ1) is 18.9. The van der Waals surface area contributed by atoms with Crippen LogP contribution in [0, 0.1) is 10.8 Å². The van der Waals surface area contributed by atoms with Crippen molar-refractivity contribution in [2.24, 2.45) is 22.3 Å². The minimum absolute atomic E-state index is 0.279. The van der Waals surface area contributed by atoms with Gasteiger partial charge in [-0.3, -0.25) is 0 Å². The standard InChI is InChI=1S/C10H22N2.C8H16O/c1-9(2)4-8(12)5-10(3,6-9)7-11;1-2-3-4-5-6-8-7-9-8/h8H,4-7,11-12H2,1-3H3;8H,2-7H2,1H3. The Bertz CT molecular complexity index is 289. The SMILES string of the molecule is CC1(C)CC(N)CC(C)(CN)C1.CCCCCCC1CO1. The lowest BCUT2D eigenvalue weighted by Gasteiger charge is -2.45. The van der Waals surface area contributed by atoms with Gasteiger partial charge in [0.25, 0.3) is 0 Å². The van der Waals surface area contributed by atoms with Crippen molar-refractivity contribution in [1.82, 2.24) is 0 Å². The van der Waals surface area contributed by atoms with E-state index >= 15 is 0 Å². The third-order valence-electron chi connectivity index (χ3n) is 4.75. The Balaban J connectivity index is 0.000000219. The molecule has 3 heteroatoms. The average Bonchev–Trinajstić information content (AvgIpc) is 3.17. The molecule has 21 heavy (non-hydrogen) atoms. The third kappa shape index (κ3) is 8.18. The van der Waals surface area contributed by atoms with Gasteiger partial charge in [0, 0.05) is 6.04 Å². The molecule has 0 aromatic heterocycles. The second-order valence-electron chi connectivity index (χ2n) is 8.33. The Kier molecular flexibility index (Phi) is 7.66. The number of hydrogen-bond acceptors (Lipinski definition) is 3. The highest BCUT2D eigenvalue weighted by Crippen LogP contribution is 2.44. The van der Waals surface area contributed by atoms with E-state index in [2.05, 4.69) is 27.7 Å².